The predicted molar refractivity (Wildman–Crippen MR) is 66.2 cm³/mol. The Bertz CT molecular complexity index is 628. The van der Waals surface area contributed by atoms with Crippen molar-refractivity contribution in [2.45, 2.75) is 4.90 Å². The maximum absolute atomic E-state index is 14.0. The van der Waals surface area contributed by atoms with E-state index in [2.05, 4.69) is 0 Å². The number of halogens is 2. The first kappa shape index (κ1) is 17.4. The highest BCUT2D eigenvalue weighted by Gasteiger charge is 2.31. The van der Waals surface area contributed by atoms with Gasteiger partial charge in [-0.2, -0.15) is 4.31 Å². The molecule has 0 unspecified atom stereocenters. The molecule has 7 nitrogen and oxygen atoms in total. The average molecular weight is 325 g/mol. The standard InChI is InChI=1S/C11H13F2NO6S/c12-7-1-2-8(10(13)9(7)11(17)18)21(19,20)14(3-5-15)4-6-16/h1-2,15-16H,3-6H2,(H,17,18). The first-order valence-electron chi connectivity index (χ1n) is 5.70. The molecule has 1 aromatic rings. The number of benzene rings is 1. The molecule has 1 rings (SSSR count). The minimum atomic E-state index is -4.52. The molecule has 0 saturated heterocycles. The van der Waals surface area contributed by atoms with Gasteiger partial charge in [-0.25, -0.2) is 22.0 Å². The number of carbonyl (C=O) groups is 1. The lowest BCUT2D eigenvalue weighted by molar-refractivity contribution is 0.0685. The number of sulfonamides is 1. The molecule has 3 N–H and O–H groups in total. The van der Waals surface area contributed by atoms with Crippen LogP contribution in [0.2, 0.25) is 0 Å². The molecule has 118 valence electrons. The third kappa shape index (κ3) is 3.53. The minimum Gasteiger partial charge on any atom is -0.477 e. The number of aromatic carboxylic acids is 1. The number of aliphatic hydroxyl groups excluding tert-OH is 2. The number of carboxylic acid groups (broad SMARTS) is 1. The Kier molecular flexibility index (Phi) is 5.72. The van der Waals surface area contributed by atoms with Gasteiger partial charge in [0.1, 0.15) is 16.3 Å². The Balaban J connectivity index is 3.44. The van der Waals surface area contributed by atoms with Gasteiger partial charge in [0, 0.05) is 13.1 Å². The lowest BCUT2D eigenvalue weighted by Crippen LogP contribution is -2.36. The van der Waals surface area contributed by atoms with Crippen LogP contribution in [0.5, 0.6) is 0 Å². The van der Waals surface area contributed by atoms with Crippen LogP contribution >= 0.6 is 0 Å². The Morgan fingerprint density at radius 2 is 1.67 bits per heavy atom. The highest BCUT2D eigenvalue weighted by Crippen LogP contribution is 2.24. The third-order valence-electron chi connectivity index (χ3n) is 2.59. The summed E-state index contributed by atoms with van der Waals surface area (Å²) in [7, 11) is -4.52. The van der Waals surface area contributed by atoms with E-state index in [1.54, 1.807) is 0 Å². The molecular weight excluding hydrogens is 312 g/mol. The predicted octanol–water partition coefficient (Wildman–Crippen LogP) is -0.362. The van der Waals surface area contributed by atoms with Crippen LogP contribution in [0, 0.1) is 11.6 Å². The fourth-order valence-corrected chi connectivity index (χ4v) is 3.13. The Morgan fingerprint density at radius 1 is 1.14 bits per heavy atom. The molecule has 21 heavy (non-hydrogen) atoms. The molecule has 0 fully saturated rings. The largest absolute Gasteiger partial charge is 0.477 e. The van der Waals surface area contributed by atoms with Crippen LogP contribution < -0.4 is 0 Å². The number of aliphatic hydroxyl groups is 2. The summed E-state index contributed by atoms with van der Waals surface area (Å²) in [4.78, 5) is 9.74. The van der Waals surface area contributed by atoms with Crippen molar-refractivity contribution in [2.75, 3.05) is 26.3 Å². The zero-order chi connectivity index (χ0) is 16.2. The maximum Gasteiger partial charge on any atom is 0.341 e. The molecule has 0 atom stereocenters. The monoisotopic (exact) mass is 325 g/mol. The van der Waals surface area contributed by atoms with Gasteiger partial charge in [-0.1, -0.05) is 0 Å². The minimum absolute atomic E-state index is 0.428. The van der Waals surface area contributed by atoms with Crippen molar-refractivity contribution < 1.29 is 37.3 Å². The van der Waals surface area contributed by atoms with Crippen molar-refractivity contribution in [1.29, 1.82) is 0 Å². The van der Waals surface area contributed by atoms with Crippen LogP contribution in [0.15, 0.2) is 17.0 Å². The van der Waals surface area contributed by atoms with Crippen LogP contribution in [0.3, 0.4) is 0 Å². The molecule has 0 radical (unpaired) electrons. The highest BCUT2D eigenvalue weighted by molar-refractivity contribution is 7.89. The second-order valence-corrected chi connectivity index (χ2v) is 5.80. The third-order valence-corrected chi connectivity index (χ3v) is 4.50. The van der Waals surface area contributed by atoms with Gasteiger partial charge in [-0.05, 0) is 12.1 Å². The van der Waals surface area contributed by atoms with Crippen molar-refractivity contribution in [2.24, 2.45) is 0 Å². The number of carboxylic acids is 1. The van der Waals surface area contributed by atoms with Crippen LogP contribution in [0.25, 0.3) is 0 Å². The quantitative estimate of drug-likeness (QED) is 0.630. The normalized spacial score (nSPS) is 11.9. The lowest BCUT2D eigenvalue weighted by Gasteiger charge is -2.20. The van der Waals surface area contributed by atoms with Gasteiger partial charge in [0.05, 0.1) is 13.2 Å². The van der Waals surface area contributed by atoms with Crippen LogP contribution in [0.1, 0.15) is 10.4 Å². The summed E-state index contributed by atoms with van der Waals surface area (Å²) in [6.45, 7) is -2.04. The summed E-state index contributed by atoms with van der Waals surface area (Å²) in [5.41, 5.74) is -1.39. The highest BCUT2D eigenvalue weighted by atomic mass is 32.2. The van der Waals surface area contributed by atoms with E-state index in [-0.39, 0.29) is 0 Å². The van der Waals surface area contributed by atoms with Crippen molar-refractivity contribution >= 4 is 16.0 Å². The smallest absolute Gasteiger partial charge is 0.341 e. The van der Waals surface area contributed by atoms with E-state index < -0.39 is 64.4 Å². The first-order chi connectivity index (χ1) is 9.77. The molecule has 0 saturated carbocycles. The molecule has 0 heterocycles. The van der Waals surface area contributed by atoms with E-state index in [0.717, 1.165) is 0 Å². The molecule has 1 aromatic carbocycles. The number of hydrogen-bond donors (Lipinski definition) is 3. The Morgan fingerprint density at radius 3 is 2.10 bits per heavy atom. The summed E-state index contributed by atoms with van der Waals surface area (Å²) in [6, 6.07) is 1.11. The first-order valence-corrected chi connectivity index (χ1v) is 7.14. The zero-order valence-corrected chi connectivity index (χ0v) is 11.5. The summed E-state index contributed by atoms with van der Waals surface area (Å²) in [5, 5.41) is 26.3. The summed E-state index contributed by atoms with van der Waals surface area (Å²) in [6.07, 6.45) is 0. The van der Waals surface area contributed by atoms with Gasteiger partial charge in [-0.15, -0.1) is 0 Å². The molecule has 0 aliphatic heterocycles. The lowest BCUT2D eigenvalue weighted by atomic mass is 10.2. The molecule has 0 aliphatic rings. The van der Waals surface area contributed by atoms with E-state index in [9.17, 15) is 22.0 Å². The fraction of sp³-hybridized carbons (Fsp3) is 0.364. The molecule has 0 amide bonds. The van der Waals surface area contributed by atoms with Crippen molar-refractivity contribution in [1.82, 2.24) is 4.31 Å². The summed E-state index contributed by atoms with van der Waals surface area (Å²) in [5.74, 6) is -5.09. The van der Waals surface area contributed by atoms with E-state index in [1.165, 1.54) is 0 Å². The molecular formula is C11H13F2NO6S. The van der Waals surface area contributed by atoms with E-state index in [0.29, 0.717) is 16.4 Å². The van der Waals surface area contributed by atoms with Crippen LogP contribution in [0.4, 0.5) is 8.78 Å². The zero-order valence-electron chi connectivity index (χ0n) is 10.7. The van der Waals surface area contributed by atoms with Gasteiger partial charge in [0.2, 0.25) is 10.0 Å². The Labute approximate surface area is 119 Å². The van der Waals surface area contributed by atoms with Crippen LogP contribution in [-0.4, -0.2) is 60.3 Å². The molecule has 0 spiro atoms. The van der Waals surface area contributed by atoms with Gasteiger partial charge in [-0.3, -0.25) is 0 Å². The second kappa shape index (κ2) is 6.89. The second-order valence-electron chi connectivity index (χ2n) is 3.89. The number of rotatable bonds is 7. The Hall–Kier alpha value is -1.62. The summed E-state index contributed by atoms with van der Waals surface area (Å²) < 4.78 is 52.1. The van der Waals surface area contributed by atoms with Crippen molar-refractivity contribution in [3.8, 4) is 0 Å². The molecule has 0 aromatic heterocycles. The fourth-order valence-electron chi connectivity index (χ4n) is 1.64. The van der Waals surface area contributed by atoms with Gasteiger partial charge >= 0.3 is 5.97 Å². The van der Waals surface area contributed by atoms with E-state index >= 15 is 0 Å². The number of nitrogens with zero attached hydrogens (tertiary/aromatic N) is 1. The van der Waals surface area contributed by atoms with Gasteiger partial charge in [0.25, 0.3) is 0 Å². The van der Waals surface area contributed by atoms with Crippen molar-refractivity contribution in [3.63, 3.8) is 0 Å². The molecule has 10 heteroatoms. The van der Waals surface area contributed by atoms with Crippen molar-refractivity contribution in [3.05, 3.63) is 29.3 Å². The van der Waals surface area contributed by atoms with E-state index in [1.807, 2.05) is 0 Å². The van der Waals surface area contributed by atoms with Gasteiger partial charge in [0.15, 0.2) is 5.82 Å². The van der Waals surface area contributed by atoms with Crippen LogP contribution in [-0.2, 0) is 10.0 Å². The molecule has 0 aliphatic carbocycles. The summed E-state index contributed by atoms with van der Waals surface area (Å²) >= 11 is 0. The molecule has 0 bridgehead atoms. The SMILES string of the molecule is O=C(O)c1c(F)ccc(S(=O)(=O)N(CCO)CCO)c1F. The average Bonchev–Trinajstić information content (AvgIpc) is 2.37. The topological polar surface area (TPSA) is 115 Å². The van der Waals surface area contributed by atoms with Gasteiger partial charge < -0.3 is 15.3 Å². The van der Waals surface area contributed by atoms with E-state index in [4.69, 9.17) is 15.3 Å². The number of hydrogen-bond acceptors (Lipinski definition) is 5. The maximum atomic E-state index is 14.0.